The number of rotatable bonds is 2. The minimum absolute atomic E-state index is 0.409. The number of aromatic nitrogens is 2. The lowest BCUT2D eigenvalue weighted by Gasteiger charge is -2.47. The van der Waals surface area contributed by atoms with Gasteiger partial charge in [-0.2, -0.15) is 0 Å². The lowest BCUT2D eigenvalue weighted by atomic mass is 9.71. The summed E-state index contributed by atoms with van der Waals surface area (Å²) in [6.07, 6.45) is 5.40. The van der Waals surface area contributed by atoms with E-state index < -0.39 is 5.60 Å². The van der Waals surface area contributed by atoms with Crippen LogP contribution in [0.25, 0.3) is 0 Å². The summed E-state index contributed by atoms with van der Waals surface area (Å²) in [5.74, 6) is 1.74. The summed E-state index contributed by atoms with van der Waals surface area (Å²) in [5, 5.41) is 10.7. The Balaban J connectivity index is 1.67. The van der Waals surface area contributed by atoms with Crippen LogP contribution in [-0.4, -0.2) is 38.7 Å². The van der Waals surface area contributed by atoms with Gasteiger partial charge in [-0.1, -0.05) is 12.8 Å². The van der Waals surface area contributed by atoms with Gasteiger partial charge in [0.2, 0.25) is 0 Å². The Labute approximate surface area is 120 Å². The number of aryl methyl sites for hydroxylation is 1. The van der Waals surface area contributed by atoms with E-state index in [9.17, 15) is 5.11 Å². The molecule has 0 radical (unpaired) electrons. The van der Waals surface area contributed by atoms with Crippen molar-refractivity contribution in [1.29, 1.82) is 0 Å². The summed E-state index contributed by atoms with van der Waals surface area (Å²) >= 11 is 0. The van der Waals surface area contributed by atoms with Gasteiger partial charge in [0.1, 0.15) is 11.6 Å². The highest BCUT2D eigenvalue weighted by molar-refractivity contribution is 5.29. The van der Waals surface area contributed by atoms with Crippen LogP contribution in [0.4, 0.5) is 5.82 Å². The zero-order valence-corrected chi connectivity index (χ0v) is 12.2. The first-order chi connectivity index (χ1) is 9.55. The third kappa shape index (κ3) is 2.79. The zero-order valence-electron chi connectivity index (χ0n) is 12.2. The average molecular weight is 276 g/mol. The molecule has 0 spiro atoms. The van der Waals surface area contributed by atoms with Gasteiger partial charge in [-0.05, 0) is 26.2 Å². The van der Waals surface area contributed by atoms with Gasteiger partial charge in [0.25, 0.3) is 0 Å². The van der Waals surface area contributed by atoms with Gasteiger partial charge in [0.15, 0.2) is 0 Å². The molecular formula is C15H24N4O. The number of nitrogens with zero attached hydrogens (tertiary/aromatic N) is 3. The first-order valence-corrected chi connectivity index (χ1v) is 7.60. The molecule has 20 heavy (non-hydrogen) atoms. The van der Waals surface area contributed by atoms with Gasteiger partial charge >= 0.3 is 0 Å². The van der Waals surface area contributed by atoms with Crippen LogP contribution in [-0.2, 0) is 6.54 Å². The molecule has 2 aliphatic rings. The van der Waals surface area contributed by atoms with Crippen molar-refractivity contribution in [2.45, 2.75) is 51.2 Å². The van der Waals surface area contributed by atoms with Crippen molar-refractivity contribution >= 4 is 5.82 Å². The number of nitrogens with two attached hydrogens (primary N) is 1. The van der Waals surface area contributed by atoms with E-state index in [1.54, 1.807) is 6.07 Å². The van der Waals surface area contributed by atoms with E-state index in [1.165, 1.54) is 12.8 Å². The molecule has 2 heterocycles. The zero-order chi connectivity index (χ0) is 14.2. The van der Waals surface area contributed by atoms with E-state index >= 15 is 0 Å². The number of piperidine rings is 1. The molecule has 1 saturated carbocycles. The van der Waals surface area contributed by atoms with E-state index in [0.717, 1.165) is 50.4 Å². The maximum atomic E-state index is 10.7. The van der Waals surface area contributed by atoms with Crippen molar-refractivity contribution < 1.29 is 5.11 Å². The Bertz CT molecular complexity index is 473. The van der Waals surface area contributed by atoms with Crippen LogP contribution in [0.1, 0.15) is 43.6 Å². The van der Waals surface area contributed by atoms with Gasteiger partial charge < -0.3 is 10.8 Å². The van der Waals surface area contributed by atoms with Crippen LogP contribution in [0.15, 0.2) is 6.07 Å². The second-order valence-corrected chi connectivity index (χ2v) is 6.38. The lowest BCUT2D eigenvalue weighted by Crippen LogP contribution is -2.53. The highest BCUT2D eigenvalue weighted by atomic mass is 16.3. The highest BCUT2D eigenvalue weighted by Crippen LogP contribution is 2.39. The molecule has 2 atom stereocenters. The second kappa shape index (κ2) is 5.30. The van der Waals surface area contributed by atoms with Crippen molar-refractivity contribution in [3.63, 3.8) is 0 Å². The molecule has 1 saturated heterocycles. The Kier molecular flexibility index (Phi) is 3.65. The minimum atomic E-state index is -0.415. The van der Waals surface area contributed by atoms with Crippen molar-refractivity contribution in [2.24, 2.45) is 5.92 Å². The normalized spacial score (nSPS) is 31.0. The van der Waals surface area contributed by atoms with Gasteiger partial charge in [-0.15, -0.1) is 0 Å². The lowest BCUT2D eigenvalue weighted by molar-refractivity contribution is -0.0971. The standard InChI is InChI=1S/C15H24N4O/c1-11-8-13(16)18-14(17-11)10-19-7-6-15(20)5-3-2-4-12(15)9-19/h8,12,20H,2-7,9-10H2,1H3,(H2,16,17,18). The summed E-state index contributed by atoms with van der Waals surface area (Å²) in [7, 11) is 0. The molecule has 0 bridgehead atoms. The van der Waals surface area contributed by atoms with E-state index in [-0.39, 0.29) is 0 Å². The molecular weight excluding hydrogens is 252 g/mol. The fraction of sp³-hybridized carbons (Fsp3) is 0.733. The second-order valence-electron chi connectivity index (χ2n) is 6.38. The predicted molar refractivity (Wildman–Crippen MR) is 78.0 cm³/mol. The van der Waals surface area contributed by atoms with Crippen LogP contribution in [0.3, 0.4) is 0 Å². The molecule has 2 unspecified atom stereocenters. The quantitative estimate of drug-likeness (QED) is 0.856. The summed E-state index contributed by atoms with van der Waals surface area (Å²) in [6, 6.07) is 1.79. The largest absolute Gasteiger partial charge is 0.390 e. The Morgan fingerprint density at radius 2 is 2.25 bits per heavy atom. The summed E-state index contributed by atoms with van der Waals surface area (Å²) < 4.78 is 0. The fourth-order valence-electron chi connectivity index (χ4n) is 3.71. The summed E-state index contributed by atoms with van der Waals surface area (Å²) in [5.41, 5.74) is 6.28. The maximum Gasteiger partial charge on any atom is 0.144 e. The number of hydrogen-bond acceptors (Lipinski definition) is 5. The molecule has 0 aromatic carbocycles. The fourth-order valence-corrected chi connectivity index (χ4v) is 3.71. The molecule has 2 fully saturated rings. The van der Waals surface area contributed by atoms with Gasteiger partial charge in [0, 0.05) is 30.8 Å². The topological polar surface area (TPSA) is 75.3 Å². The minimum Gasteiger partial charge on any atom is -0.390 e. The number of nitrogen functional groups attached to an aromatic ring is 1. The van der Waals surface area contributed by atoms with E-state index in [0.29, 0.717) is 11.7 Å². The van der Waals surface area contributed by atoms with Crippen molar-refractivity contribution in [3.05, 3.63) is 17.6 Å². The predicted octanol–water partition coefficient (Wildman–Crippen LogP) is 1.49. The van der Waals surface area contributed by atoms with Crippen molar-refractivity contribution in [1.82, 2.24) is 14.9 Å². The molecule has 0 amide bonds. The van der Waals surface area contributed by atoms with Crippen molar-refractivity contribution in [2.75, 3.05) is 18.8 Å². The number of hydrogen-bond donors (Lipinski definition) is 2. The molecule has 5 nitrogen and oxygen atoms in total. The van der Waals surface area contributed by atoms with Crippen LogP contribution in [0.2, 0.25) is 0 Å². The highest BCUT2D eigenvalue weighted by Gasteiger charge is 2.42. The van der Waals surface area contributed by atoms with Gasteiger partial charge in [-0.25, -0.2) is 9.97 Å². The number of fused-ring (bicyclic) bond motifs is 1. The Morgan fingerprint density at radius 3 is 3.05 bits per heavy atom. The van der Waals surface area contributed by atoms with Crippen LogP contribution in [0, 0.1) is 12.8 Å². The molecule has 1 aromatic heterocycles. The molecule has 1 aliphatic carbocycles. The van der Waals surface area contributed by atoms with Gasteiger partial charge in [0.05, 0.1) is 12.1 Å². The molecule has 110 valence electrons. The van der Waals surface area contributed by atoms with Crippen LogP contribution in [0.5, 0.6) is 0 Å². The summed E-state index contributed by atoms with van der Waals surface area (Å²) in [4.78, 5) is 11.1. The van der Waals surface area contributed by atoms with Crippen molar-refractivity contribution in [3.8, 4) is 0 Å². The third-order valence-electron chi connectivity index (χ3n) is 4.80. The van der Waals surface area contributed by atoms with E-state index in [2.05, 4.69) is 14.9 Å². The molecule has 1 aromatic rings. The Hall–Kier alpha value is -1.20. The molecule has 3 N–H and O–H groups in total. The first-order valence-electron chi connectivity index (χ1n) is 7.60. The third-order valence-corrected chi connectivity index (χ3v) is 4.80. The van der Waals surface area contributed by atoms with Gasteiger partial charge in [-0.3, -0.25) is 4.90 Å². The molecule has 1 aliphatic heterocycles. The Morgan fingerprint density at radius 1 is 1.40 bits per heavy atom. The molecule has 5 heteroatoms. The average Bonchev–Trinajstić information content (AvgIpc) is 2.38. The monoisotopic (exact) mass is 276 g/mol. The van der Waals surface area contributed by atoms with E-state index in [4.69, 9.17) is 5.73 Å². The maximum absolute atomic E-state index is 10.7. The SMILES string of the molecule is Cc1cc(N)nc(CN2CCC3(O)CCCCC3C2)n1. The van der Waals surface area contributed by atoms with Crippen LogP contribution < -0.4 is 5.73 Å². The first kappa shape index (κ1) is 13.8. The molecule has 3 rings (SSSR count). The number of aliphatic hydroxyl groups is 1. The number of anilines is 1. The summed E-state index contributed by atoms with van der Waals surface area (Å²) in [6.45, 7) is 4.55. The van der Waals surface area contributed by atoms with E-state index in [1.807, 2.05) is 6.92 Å². The smallest absolute Gasteiger partial charge is 0.144 e. The number of likely N-dealkylation sites (tertiary alicyclic amines) is 1. The van der Waals surface area contributed by atoms with Crippen LogP contribution >= 0.6 is 0 Å².